The molecule has 1 N–H and O–H groups in total. The second-order valence-corrected chi connectivity index (χ2v) is 7.12. The van der Waals surface area contributed by atoms with E-state index in [0.717, 1.165) is 11.8 Å². The molecule has 0 unspecified atom stereocenters. The topological polar surface area (TPSA) is 52.7 Å². The first kappa shape index (κ1) is 20.4. The van der Waals surface area contributed by atoms with Crippen LogP contribution in [0.4, 0.5) is 14.5 Å². The fraction of sp³-hybridized carbons (Fsp3) is 0.263. The van der Waals surface area contributed by atoms with Crippen LogP contribution in [0.1, 0.15) is 10.4 Å². The summed E-state index contributed by atoms with van der Waals surface area (Å²) >= 11 is 11.8. The molecular weight excluding hydrogens is 411 g/mol. The summed E-state index contributed by atoms with van der Waals surface area (Å²) in [5, 5.41) is 2.82. The zero-order valence-electron chi connectivity index (χ0n) is 14.7. The highest BCUT2D eigenvalue weighted by Crippen LogP contribution is 2.21. The van der Waals surface area contributed by atoms with E-state index in [-0.39, 0.29) is 23.0 Å². The molecule has 3 rings (SSSR count). The largest absolute Gasteiger partial charge is 0.368 e. The van der Waals surface area contributed by atoms with Crippen LogP contribution in [0, 0.1) is 11.6 Å². The number of nitrogens with one attached hydrogen (secondary N) is 1. The van der Waals surface area contributed by atoms with Crippen LogP contribution < -0.4 is 10.2 Å². The molecular formula is C19H17Cl2F2N3O2. The Balaban J connectivity index is 1.52. The lowest BCUT2D eigenvalue weighted by Crippen LogP contribution is -2.51. The minimum atomic E-state index is -1.18. The van der Waals surface area contributed by atoms with Gasteiger partial charge >= 0.3 is 0 Å². The Morgan fingerprint density at radius 2 is 1.68 bits per heavy atom. The van der Waals surface area contributed by atoms with Crippen LogP contribution in [-0.4, -0.2) is 49.4 Å². The van der Waals surface area contributed by atoms with Gasteiger partial charge in [0.2, 0.25) is 5.91 Å². The Bertz CT molecular complexity index is 903. The smallest absolute Gasteiger partial charge is 0.253 e. The average molecular weight is 428 g/mol. The van der Waals surface area contributed by atoms with Gasteiger partial charge in [-0.05, 0) is 30.3 Å². The summed E-state index contributed by atoms with van der Waals surface area (Å²) in [5.41, 5.74) is 0.764. The molecule has 2 aromatic carbocycles. The third-order valence-corrected chi connectivity index (χ3v) is 5.01. The maximum Gasteiger partial charge on any atom is 0.253 e. The molecule has 1 aliphatic rings. The number of nitrogens with zero attached hydrogens (tertiary/aromatic N) is 2. The fourth-order valence-electron chi connectivity index (χ4n) is 2.95. The van der Waals surface area contributed by atoms with E-state index in [0.29, 0.717) is 37.3 Å². The molecule has 0 aliphatic carbocycles. The highest BCUT2D eigenvalue weighted by Gasteiger charge is 2.22. The predicted molar refractivity (Wildman–Crippen MR) is 104 cm³/mol. The zero-order valence-corrected chi connectivity index (χ0v) is 16.2. The predicted octanol–water partition coefficient (Wildman–Crippen LogP) is 3.35. The molecule has 1 aliphatic heterocycles. The molecule has 1 saturated heterocycles. The van der Waals surface area contributed by atoms with Gasteiger partial charge in [0, 0.05) is 36.9 Å². The lowest BCUT2D eigenvalue weighted by molar-refractivity contribution is -0.130. The Hall–Kier alpha value is -2.38. The lowest BCUT2D eigenvalue weighted by atomic mass is 10.2. The first-order valence-electron chi connectivity index (χ1n) is 8.56. The van der Waals surface area contributed by atoms with Crippen LogP contribution >= 0.6 is 23.2 Å². The van der Waals surface area contributed by atoms with E-state index >= 15 is 0 Å². The van der Waals surface area contributed by atoms with Gasteiger partial charge in [0.25, 0.3) is 5.91 Å². The van der Waals surface area contributed by atoms with Crippen molar-refractivity contribution in [1.82, 2.24) is 10.2 Å². The number of benzene rings is 2. The number of piperazine rings is 1. The van der Waals surface area contributed by atoms with E-state index in [1.165, 1.54) is 0 Å². The number of halogens is 4. The Labute approximate surface area is 170 Å². The van der Waals surface area contributed by atoms with Crippen LogP contribution in [0.2, 0.25) is 10.0 Å². The average Bonchev–Trinajstić information content (AvgIpc) is 2.68. The second-order valence-electron chi connectivity index (χ2n) is 6.28. The molecule has 148 valence electrons. The van der Waals surface area contributed by atoms with Gasteiger partial charge in [0.1, 0.15) is 0 Å². The molecule has 0 bridgehead atoms. The summed E-state index contributed by atoms with van der Waals surface area (Å²) in [4.78, 5) is 28.2. The van der Waals surface area contributed by atoms with E-state index < -0.39 is 17.5 Å². The quantitative estimate of drug-likeness (QED) is 0.761. The Morgan fingerprint density at radius 3 is 2.36 bits per heavy atom. The van der Waals surface area contributed by atoms with Crippen molar-refractivity contribution in [2.24, 2.45) is 0 Å². The number of hydrogen-bond acceptors (Lipinski definition) is 3. The number of carbonyl (C=O) groups is 2. The summed E-state index contributed by atoms with van der Waals surface area (Å²) in [5.74, 6) is -3.33. The summed E-state index contributed by atoms with van der Waals surface area (Å²) in [7, 11) is 0. The van der Waals surface area contributed by atoms with Crippen molar-refractivity contribution in [3.8, 4) is 0 Å². The highest BCUT2D eigenvalue weighted by atomic mass is 35.5. The molecule has 28 heavy (non-hydrogen) atoms. The van der Waals surface area contributed by atoms with Crippen LogP contribution in [0.15, 0.2) is 36.4 Å². The van der Waals surface area contributed by atoms with E-state index in [4.69, 9.17) is 23.2 Å². The van der Waals surface area contributed by atoms with Gasteiger partial charge < -0.3 is 15.1 Å². The maximum absolute atomic E-state index is 13.3. The van der Waals surface area contributed by atoms with Gasteiger partial charge in [0.15, 0.2) is 11.6 Å². The van der Waals surface area contributed by atoms with Gasteiger partial charge in [-0.1, -0.05) is 29.3 Å². The van der Waals surface area contributed by atoms with Crippen molar-refractivity contribution in [1.29, 1.82) is 0 Å². The molecule has 0 atom stereocenters. The third kappa shape index (κ3) is 4.72. The molecule has 0 radical (unpaired) electrons. The number of hydrogen-bond donors (Lipinski definition) is 1. The van der Waals surface area contributed by atoms with Crippen molar-refractivity contribution < 1.29 is 18.4 Å². The van der Waals surface area contributed by atoms with Crippen molar-refractivity contribution >= 4 is 40.7 Å². The molecule has 1 heterocycles. The first-order chi connectivity index (χ1) is 13.3. The lowest BCUT2D eigenvalue weighted by Gasteiger charge is -2.36. The van der Waals surface area contributed by atoms with Crippen LogP contribution in [0.3, 0.4) is 0 Å². The summed E-state index contributed by atoms with van der Waals surface area (Å²) in [6, 6.07) is 8.92. The molecule has 2 amide bonds. The molecule has 0 spiro atoms. The minimum Gasteiger partial charge on any atom is -0.368 e. The Morgan fingerprint density at radius 1 is 1.00 bits per heavy atom. The van der Waals surface area contributed by atoms with Gasteiger partial charge in [-0.25, -0.2) is 8.78 Å². The number of anilines is 1. The number of carbonyl (C=O) groups excluding carboxylic acids is 2. The summed E-state index contributed by atoms with van der Waals surface area (Å²) in [6.07, 6.45) is 0. The van der Waals surface area contributed by atoms with Gasteiger partial charge in [0.05, 0.1) is 17.1 Å². The maximum atomic E-state index is 13.3. The van der Waals surface area contributed by atoms with E-state index in [1.807, 2.05) is 18.2 Å². The van der Waals surface area contributed by atoms with Crippen LogP contribution in [0.5, 0.6) is 0 Å². The summed E-state index contributed by atoms with van der Waals surface area (Å²) < 4.78 is 26.4. The van der Waals surface area contributed by atoms with Crippen molar-refractivity contribution in [3.63, 3.8) is 0 Å². The van der Waals surface area contributed by atoms with E-state index in [9.17, 15) is 18.4 Å². The highest BCUT2D eigenvalue weighted by molar-refractivity contribution is 6.33. The van der Waals surface area contributed by atoms with Crippen LogP contribution in [-0.2, 0) is 4.79 Å². The normalized spacial score (nSPS) is 14.1. The minimum absolute atomic E-state index is 0.223. The molecule has 9 heteroatoms. The van der Waals surface area contributed by atoms with Crippen molar-refractivity contribution in [2.45, 2.75) is 0 Å². The first-order valence-corrected chi connectivity index (χ1v) is 9.32. The van der Waals surface area contributed by atoms with Crippen LogP contribution in [0.25, 0.3) is 0 Å². The second kappa shape index (κ2) is 8.75. The standard InChI is InChI=1S/C19H17Cl2F2N3O2/c20-12-2-1-3-13(8-12)25-4-6-26(7-5-25)18(27)11-24-19(28)14-9-16(22)17(23)10-15(14)21/h1-3,8-10H,4-7,11H2,(H,24,28). The Kier molecular flexibility index (Phi) is 6.36. The van der Waals surface area contributed by atoms with Crippen molar-refractivity contribution in [3.05, 3.63) is 63.6 Å². The SMILES string of the molecule is O=C(NCC(=O)N1CCN(c2cccc(Cl)c2)CC1)c1cc(F)c(F)cc1Cl. The molecule has 5 nitrogen and oxygen atoms in total. The summed E-state index contributed by atoms with van der Waals surface area (Å²) in [6.45, 7) is 2.00. The monoisotopic (exact) mass is 427 g/mol. The van der Waals surface area contributed by atoms with Gasteiger partial charge in [-0.15, -0.1) is 0 Å². The number of rotatable bonds is 4. The molecule has 0 saturated carbocycles. The molecule has 2 aromatic rings. The van der Waals surface area contributed by atoms with Gasteiger partial charge in [-0.2, -0.15) is 0 Å². The van der Waals surface area contributed by atoms with E-state index in [1.54, 1.807) is 11.0 Å². The zero-order chi connectivity index (χ0) is 20.3. The number of amides is 2. The van der Waals surface area contributed by atoms with Gasteiger partial charge in [-0.3, -0.25) is 9.59 Å². The van der Waals surface area contributed by atoms with Crippen molar-refractivity contribution in [2.75, 3.05) is 37.6 Å². The van der Waals surface area contributed by atoms with E-state index in [2.05, 4.69) is 10.2 Å². The molecule has 1 fully saturated rings. The third-order valence-electron chi connectivity index (χ3n) is 4.46. The fourth-order valence-corrected chi connectivity index (χ4v) is 3.37. The molecule has 0 aromatic heterocycles.